The Hall–Kier alpha value is -0.650. The lowest BCUT2D eigenvalue weighted by atomic mass is 9.96. The number of carboxylic acids is 1. The molecule has 0 spiro atoms. The molecule has 102 valence electrons. The summed E-state index contributed by atoms with van der Waals surface area (Å²) in [6.45, 7) is 4.70. The highest BCUT2D eigenvalue weighted by Gasteiger charge is 2.30. The average Bonchev–Trinajstić information content (AvgIpc) is 2.25. The molecular weight excluding hydrogens is 218 g/mol. The van der Waals surface area contributed by atoms with Gasteiger partial charge in [0.1, 0.15) is 5.54 Å². The van der Waals surface area contributed by atoms with Crippen LogP contribution in [0.2, 0.25) is 0 Å². The highest BCUT2D eigenvalue weighted by molar-refractivity contribution is 5.78. The van der Waals surface area contributed by atoms with Gasteiger partial charge in [-0.2, -0.15) is 0 Å². The van der Waals surface area contributed by atoms with Crippen LogP contribution in [0.25, 0.3) is 0 Å². The first-order chi connectivity index (χ1) is 7.81. The number of hydrogen-bond acceptors (Lipinski definition) is 4. The van der Waals surface area contributed by atoms with Crippen molar-refractivity contribution in [3.63, 3.8) is 0 Å². The van der Waals surface area contributed by atoms with Crippen molar-refractivity contribution in [2.75, 3.05) is 47.8 Å². The Kier molecular flexibility index (Phi) is 7.34. The van der Waals surface area contributed by atoms with Crippen molar-refractivity contribution in [2.45, 2.75) is 25.3 Å². The lowest BCUT2D eigenvalue weighted by molar-refractivity contribution is -0.144. The second-order valence-corrected chi connectivity index (χ2v) is 5.10. The Balaban J connectivity index is 3.85. The third-order valence-electron chi connectivity index (χ3n) is 3.17. The molecule has 5 heteroatoms. The Morgan fingerprint density at radius 3 is 2.24 bits per heavy atom. The Morgan fingerprint density at radius 1 is 1.24 bits per heavy atom. The number of aliphatic carboxylic acids is 1. The molecule has 0 radical (unpaired) electrons. The van der Waals surface area contributed by atoms with Crippen molar-refractivity contribution >= 4 is 5.97 Å². The number of rotatable bonds is 9. The molecule has 0 aromatic rings. The number of hydrogen-bond donors (Lipinski definition) is 2. The van der Waals surface area contributed by atoms with E-state index in [9.17, 15) is 4.79 Å². The van der Waals surface area contributed by atoms with Crippen LogP contribution >= 0.6 is 0 Å². The van der Waals surface area contributed by atoms with Crippen LogP contribution < -0.4 is 5.32 Å². The van der Waals surface area contributed by atoms with E-state index in [1.807, 2.05) is 0 Å². The lowest BCUT2D eigenvalue weighted by Gasteiger charge is -2.25. The summed E-state index contributed by atoms with van der Waals surface area (Å²) in [5.74, 6) is -0.782. The predicted molar refractivity (Wildman–Crippen MR) is 70.4 cm³/mol. The van der Waals surface area contributed by atoms with Crippen LogP contribution in [-0.4, -0.2) is 74.2 Å². The van der Waals surface area contributed by atoms with E-state index in [2.05, 4.69) is 36.3 Å². The first-order valence-electron chi connectivity index (χ1n) is 6.07. The maximum Gasteiger partial charge on any atom is 0.323 e. The molecular formula is C12H27N3O2. The molecule has 0 amide bonds. The van der Waals surface area contributed by atoms with Crippen LogP contribution in [0, 0.1) is 0 Å². The van der Waals surface area contributed by atoms with Gasteiger partial charge >= 0.3 is 5.97 Å². The van der Waals surface area contributed by atoms with E-state index in [-0.39, 0.29) is 0 Å². The molecule has 1 atom stereocenters. The second kappa shape index (κ2) is 7.63. The fourth-order valence-electron chi connectivity index (χ4n) is 1.52. The third-order valence-corrected chi connectivity index (χ3v) is 3.17. The predicted octanol–water partition coefficient (Wildman–Crippen LogP) is 0.323. The van der Waals surface area contributed by atoms with Crippen molar-refractivity contribution < 1.29 is 9.90 Å². The fourth-order valence-corrected chi connectivity index (χ4v) is 1.52. The number of carboxylic acid groups (broad SMARTS) is 1. The van der Waals surface area contributed by atoms with Crippen molar-refractivity contribution in [3.8, 4) is 0 Å². The number of nitrogens with zero attached hydrogens (tertiary/aromatic N) is 2. The SMILES string of the molecule is CNC(C)(CCCN(C)CCN(C)C)C(=O)O. The zero-order valence-electron chi connectivity index (χ0n) is 11.8. The molecule has 0 aromatic carbocycles. The quantitative estimate of drug-likeness (QED) is 0.613. The van der Waals surface area contributed by atoms with Crippen LogP contribution in [0.3, 0.4) is 0 Å². The molecule has 5 nitrogen and oxygen atoms in total. The summed E-state index contributed by atoms with van der Waals surface area (Å²) in [7, 11) is 7.87. The lowest BCUT2D eigenvalue weighted by Crippen LogP contribution is -2.47. The van der Waals surface area contributed by atoms with Gasteiger partial charge in [0.2, 0.25) is 0 Å². The molecule has 1 unspecified atom stereocenters. The van der Waals surface area contributed by atoms with Gasteiger partial charge in [-0.05, 0) is 54.5 Å². The Bertz CT molecular complexity index is 234. The van der Waals surface area contributed by atoms with E-state index in [0.717, 1.165) is 26.1 Å². The average molecular weight is 245 g/mol. The maximum atomic E-state index is 11.1. The van der Waals surface area contributed by atoms with Crippen LogP contribution in [0.1, 0.15) is 19.8 Å². The van der Waals surface area contributed by atoms with Gasteiger partial charge in [-0.3, -0.25) is 4.79 Å². The molecule has 2 N–H and O–H groups in total. The van der Waals surface area contributed by atoms with E-state index < -0.39 is 11.5 Å². The van der Waals surface area contributed by atoms with Crippen LogP contribution in [-0.2, 0) is 4.79 Å². The van der Waals surface area contributed by atoms with E-state index in [0.29, 0.717) is 6.42 Å². The molecule has 0 aromatic heterocycles. The minimum Gasteiger partial charge on any atom is -0.480 e. The van der Waals surface area contributed by atoms with E-state index in [4.69, 9.17) is 5.11 Å². The number of carbonyl (C=O) groups is 1. The molecule has 0 bridgehead atoms. The van der Waals surface area contributed by atoms with Gasteiger partial charge in [0.05, 0.1) is 0 Å². The van der Waals surface area contributed by atoms with Crippen LogP contribution in [0.15, 0.2) is 0 Å². The van der Waals surface area contributed by atoms with Gasteiger partial charge in [-0.25, -0.2) is 0 Å². The molecule has 0 aliphatic rings. The summed E-state index contributed by atoms with van der Waals surface area (Å²) >= 11 is 0. The zero-order chi connectivity index (χ0) is 13.5. The first kappa shape index (κ1) is 16.4. The van der Waals surface area contributed by atoms with Crippen molar-refractivity contribution in [1.82, 2.24) is 15.1 Å². The largest absolute Gasteiger partial charge is 0.480 e. The molecule has 0 fully saturated rings. The Labute approximate surface area is 105 Å². The summed E-state index contributed by atoms with van der Waals surface area (Å²) in [5.41, 5.74) is -0.803. The van der Waals surface area contributed by atoms with Crippen molar-refractivity contribution in [3.05, 3.63) is 0 Å². The van der Waals surface area contributed by atoms with Gasteiger partial charge in [0, 0.05) is 13.1 Å². The minimum absolute atomic E-state index is 0.644. The summed E-state index contributed by atoms with van der Waals surface area (Å²) in [6.07, 6.45) is 1.53. The monoisotopic (exact) mass is 245 g/mol. The van der Waals surface area contributed by atoms with Gasteiger partial charge in [0.25, 0.3) is 0 Å². The number of nitrogens with one attached hydrogen (secondary N) is 1. The molecule has 0 rings (SSSR count). The zero-order valence-corrected chi connectivity index (χ0v) is 11.8. The standard InChI is InChI=1S/C12H27N3O2/c1-12(13-2,11(16)17)7-6-8-15(5)10-9-14(3)4/h13H,6-10H2,1-5H3,(H,16,17). The van der Waals surface area contributed by atoms with Crippen molar-refractivity contribution in [2.24, 2.45) is 0 Å². The minimum atomic E-state index is -0.803. The van der Waals surface area contributed by atoms with E-state index in [1.54, 1.807) is 14.0 Å². The summed E-state index contributed by atoms with van der Waals surface area (Å²) in [6, 6.07) is 0. The highest BCUT2D eigenvalue weighted by atomic mass is 16.4. The smallest absolute Gasteiger partial charge is 0.323 e. The molecule has 0 aliphatic heterocycles. The van der Waals surface area contributed by atoms with Gasteiger partial charge < -0.3 is 20.2 Å². The first-order valence-corrected chi connectivity index (χ1v) is 6.07. The summed E-state index contributed by atoms with van der Waals surface area (Å²) in [4.78, 5) is 15.4. The maximum absolute atomic E-state index is 11.1. The molecule has 0 saturated carbocycles. The van der Waals surface area contributed by atoms with Gasteiger partial charge in [-0.1, -0.05) is 0 Å². The Morgan fingerprint density at radius 2 is 1.82 bits per heavy atom. The number of likely N-dealkylation sites (N-methyl/N-ethyl adjacent to an activating group) is 3. The molecule has 17 heavy (non-hydrogen) atoms. The van der Waals surface area contributed by atoms with Gasteiger partial charge in [-0.15, -0.1) is 0 Å². The molecule has 0 saturated heterocycles. The second-order valence-electron chi connectivity index (χ2n) is 5.10. The third kappa shape index (κ3) is 6.61. The highest BCUT2D eigenvalue weighted by Crippen LogP contribution is 2.12. The van der Waals surface area contributed by atoms with Crippen LogP contribution in [0.5, 0.6) is 0 Å². The fraction of sp³-hybridized carbons (Fsp3) is 0.917. The van der Waals surface area contributed by atoms with E-state index in [1.165, 1.54) is 0 Å². The topological polar surface area (TPSA) is 55.8 Å². The van der Waals surface area contributed by atoms with Crippen LogP contribution in [0.4, 0.5) is 0 Å². The summed E-state index contributed by atoms with van der Waals surface area (Å²) < 4.78 is 0. The van der Waals surface area contributed by atoms with Crippen molar-refractivity contribution in [1.29, 1.82) is 0 Å². The van der Waals surface area contributed by atoms with Gasteiger partial charge in [0.15, 0.2) is 0 Å². The molecule has 0 aliphatic carbocycles. The normalized spacial score (nSPS) is 15.2. The van der Waals surface area contributed by atoms with E-state index >= 15 is 0 Å². The summed E-state index contributed by atoms with van der Waals surface area (Å²) in [5, 5.41) is 12.0. The molecule has 0 heterocycles.